The number of ketones is 1. The maximum atomic E-state index is 12.3. The van der Waals surface area contributed by atoms with Crippen LogP contribution in [-0.4, -0.2) is 5.78 Å². The third-order valence-electron chi connectivity index (χ3n) is 4.79. The molecule has 15 heavy (non-hydrogen) atoms. The summed E-state index contributed by atoms with van der Waals surface area (Å²) in [6.07, 6.45) is 14.1. The van der Waals surface area contributed by atoms with Crippen molar-refractivity contribution in [1.82, 2.24) is 0 Å². The van der Waals surface area contributed by atoms with E-state index in [0.717, 1.165) is 25.2 Å². The molecule has 0 aromatic rings. The Kier molecular flexibility index (Phi) is 2.22. The van der Waals surface area contributed by atoms with Crippen molar-refractivity contribution < 1.29 is 4.79 Å². The molecule has 0 aromatic heterocycles. The lowest BCUT2D eigenvalue weighted by molar-refractivity contribution is -0.126. The summed E-state index contributed by atoms with van der Waals surface area (Å²) in [5.74, 6) is 2.05. The Morgan fingerprint density at radius 2 is 2.07 bits per heavy atom. The normalized spacial score (nSPS) is 39.1. The highest BCUT2D eigenvalue weighted by Crippen LogP contribution is 2.62. The lowest BCUT2D eigenvalue weighted by atomic mass is 9.81. The van der Waals surface area contributed by atoms with E-state index in [1.807, 2.05) is 0 Å². The van der Waals surface area contributed by atoms with Crippen LogP contribution in [0.3, 0.4) is 0 Å². The molecule has 0 amide bonds. The summed E-state index contributed by atoms with van der Waals surface area (Å²) < 4.78 is 0. The SMILES string of the molecule is O=C(CC1CC=CC1)C12CCCCC1C2. The standard InChI is InChI=1S/C14H20O/c15-13(9-11-5-1-2-6-11)14-8-4-3-7-12(14)10-14/h1-2,11-12H,3-10H2. The molecule has 0 heterocycles. The van der Waals surface area contributed by atoms with Gasteiger partial charge in [-0.1, -0.05) is 25.0 Å². The number of hydrogen-bond acceptors (Lipinski definition) is 1. The molecule has 0 radical (unpaired) electrons. The molecule has 0 aromatic carbocycles. The van der Waals surface area contributed by atoms with Crippen molar-refractivity contribution in [2.45, 2.75) is 51.4 Å². The molecular formula is C14H20O. The van der Waals surface area contributed by atoms with E-state index >= 15 is 0 Å². The van der Waals surface area contributed by atoms with Crippen LogP contribution in [0.15, 0.2) is 12.2 Å². The van der Waals surface area contributed by atoms with Crippen LogP contribution < -0.4 is 0 Å². The minimum Gasteiger partial charge on any atom is -0.299 e. The van der Waals surface area contributed by atoms with Gasteiger partial charge in [0.25, 0.3) is 0 Å². The zero-order chi connectivity index (χ0) is 10.3. The second-order valence-corrected chi connectivity index (χ2v) is 5.74. The Balaban J connectivity index is 1.60. The van der Waals surface area contributed by atoms with Gasteiger partial charge in [0, 0.05) is 11.8 Å². The number of carbonyl (C=O) groups excluding carboxylic acids is 1. The zero-order valence-corrected chi connectivity index (χ0v) is 9.37. The van der Waals surface area contributed by atoms with Crippen LogP contribution in [0.2, 0.25) is 0 Å². The first-order valence-corrected chi connectivity index (χ1v) is 6.49. The van der Waals surface area contributed by atoms with E-state index in [0.29, 0.717) is 11.7 Å². The number of fused-ring (bicyclic) bond motifs is 1. The van der Waals surface area contributed by atoms with Crippen LogP contribution in [0.25, 0.3) is 0 Å². The molecular weight excluding hydrogens is 184 g/mol. The van der Waals surface area contributed by atoms with E-state index in [-0.39, 0.29) is 5.41 Å². The number of Topliss-reactive ketones (excluding diaryl/α,β-unsaturated/α-hetero) is 1. The average Bonchev–Trinajstić information content (AvgIpc) is 2.81. The van der Waals surface area contributed by atoms with Gasteiger partial charge in [-0.3, -0.25) is 4.79 Å². The first-order chi connectivity index (χ1) is 7.31. The van der Waals surface area contributed by atoms with Crippen molar-refractivity contribution >= 4 is 5.78 Å². The average molecular weight is 204 g/mol. The number of hydrogen-bond donors (Lipinski definition) is 0. The fourth-order valence-electron chi connectivity index (χ4n) is 3.68. The van der Waals surface area contributed by atoms with Crippen LogP contribution in [0.1, 0.15) is 51.4 Å². The summed E-state index contributed by atoms with van der Waals surface area (Å²) >= 11 is 0. The van der Waals surface area contributed by atoms with E-state index in [1.54, 1.807) is 0 Å². The van der Waals surface area contributed by atoms with Crippen LogP contribution >= 0.6 is 0 Å². The third kappa shape index (κ3) is 1.56. The topological polar surface area (TPSA) is 17.1 Å². The molecule has 1 heteroatoms. The number of carbonyl (C=O) groups is 1. The quantitative estimate of drug-likeness (QED) is 0.643. The monoisotopic (exact) mass is 204 g/mol. The van der Waals surface area contributed by atoms with Crippen molar-refractivity contribution in [1.29, 1.82) is 0 Å². The number of rotatable bonds is 3. The van der Waals surface area contributed by atoms with Gasteiger partial charge in [-0.2, -0.15) is 0 Å². The molecule has 0 spiro atoms. The molecule has 2 atom stereocenters. The molecule has 0 N–H and O–H groups in total. The highest BCUT2D eigenvalue weighted by atomic mass is 16.1. The Labute approximate surface area is 91.9 Å². The Morgan fingerprint density at radius 1 is 1.27 bits per heavy atom. The summed E-state index contributed by atoms with van der Waals surface area (Å²) in [4.78, 5) is 12.3. The van der Waals surface area contributed by atoms with Crippen LogP contribution in [-0.2, 0) is 4.79 Å². The van der Waals surface area contributed by atoms with Gasteiger partial charge < -0.3 is 0 Å². The maximum Gasteiger partial charge on any atom is 0.139 e. The largest absolute Gasteiger partial charge is 0.299 e. The minimum atomic E-state index is 0.195. The van der Waals surface area contributed by atoms with Crippen molar-refractivity contribution in [3.63, 3.8) is 0 Å². The molecule has 82 valence electrons. The van der Waals surface area contributed by atoms with Crippen LogP contribution in [0.5, 0.6) is 0 Å². The van der Waals surface area contributed by atoms with Crippen LogP contribution in [0, 0.1) is 17.3 Å². The Hall–Kier alpha value is -0.590. The van der Waals surface area contributed by atoms with E-state index in [1.165, 1.54) is 32.1 Å². The van der Waals surface area contributed by atoms with Gasteiger partial charge in [0.15, 0.2) is 0 Å². The second-order valence-electron chi connectivity index (χ2n) is 5.74. The smallest absolute Gasteiger partial charge is 0.139 e. The van der Waals surface area contributed by atoms with Crippen molar-refractivity contribution in [2.75, 3.05) is 0 Å². The van der Waals surface area contributed by atoms with E-state index in [9.17, 15) is 4.79 Å². The molecule has 0 aliphatic heterocycles. The molecule has 0 saturated heterocycles. The minimum absolute atomic E-state index is 0.195. The molecule has 2 saturated carbocycles. The molecule has 3 rings (SSSR count). The van der Waals surface area contributed by atoms with Gasteiger partial charge in [-0.25, -0.2) is 0 Å². The predicted octanol–water partition coefficient (Wildman–Crippen LogP) is 3.49. The summed E-state index contributed by atoms with van der Waals surface area (Å²) in [7, 11) is 0. The van der Waals surface area contributed by atoms with Gasteiger partial charge in [-0.05, 0) is 43.9 Å². The van der Waals surface area contributed by atoms with E-state index in [4.69, 9.17) is 0 Å². The lowest BCUT2D eigenvalue weighted by Crippen LogP contribution is -2.23. The fourth-order valence-corrected chi connectivity index (χ4v) is 3.68. The van der Waals surface area contributed by atoms with Crippen molar-refractivity contribution in [3.05, 3.63) is 12.2 Å². The van der Waals surface area contributed by atoms with E-state index in [2.05, 4.69) is 12.2 Å². The second kappa shape index (κ2) is 3.47. The fraction of sp³-hybridized carbons (Fsp3) is 0.786. The molecule has 1 nitrogen and oxygen atoms in total. The molecule has 0 bridgehead atoms. The first kappa shape index (κ1) is 9.62. The first-order valence-electron chi connectivity index (χ1n) is 6.49. The van der Waals surface area contributed by atoms with Crippen molar-refractivity contribution in [2.24, 2.45) is 17.3 Å². The Bertz CT molecular complexity index is 296. The lowest BCUT2D eigenvalue weighted by Gasteiger charge is -2.22. The van der Waals surface area contributed by atoms with Crippen LogP contribution in [0.4, 0.5) is 0 Å². The summed E-state index contributed by atoms with van der Waals surface area (Å²) in [5, 5.41) is 0. The highest BCUT2D eigenvalue weighted by Gasteiger charge is 2.59. The van der Waals surface area contributed by atoms with E-state index < -0.39 is 0 Å². The van der Waals surface area contributed by atoms with Gasteiger partial charge in [0.2, 0.25) is 0 Å². The van der Waals surface area contributed by atoms with Gasteiger partial charge in [0.1, 0.15) is 5.78 Å². The molecule has 2 fully saturated rings. The van der Waals surface area contributed by atoms with Gasteiger partial charge in [0.05, 0.1) is 0 Å². The highest BCUT2D eigenvalue weighted by molar-refractivity contribution is 5.88. The molecule has 3 aliphatic carbocycles. The zero-order valence-electron chi connectivity index (χ0n) is 9.37. The van der Waals surface area contributed by atoms with Gasteiger partial charge in [-0.15, -0.1) is 0 Å². The molecule has 2 unspecified atom stereocenters. The third-order valence-corrected chi connectivity index (χ3v) is 4.79. The summed E-state index contributed by atoms with van der Waals surface area (Å²) in [6, 6.07) is 0. The number of allylic oxidation sites excluding steroid dienone is 2. The summed E-state index contributed by atoms with van der Waals surface area (Å²) in [6.45, 7) is 0. The predicted molar refractivity (Wildman–Crippen MR) is 60.5 cm³/mol. The van der Waals surface area contributed by atoms with Gasteiger partial charge >= 0.3 is 0 Å². The molecule has 3 aliphatic rings. The maximum absolute atomic E-state index is 12.3. The Morgan fingerprint density at radius 3 is 2.80 bits per heavy atom. The summed E-state index contributed by atoms with van der Waals surface area (Å²) in [5.41, 5.74) is 0.195. The van der Waals surface area contributed by atoms with Crippen molar-refractivity contribution in [3.8, 4) is 0 Å².